The van der Waals surface area contributed by atoms with Crippen LogP contribution in [0.15, 0.2) is 36.5 Å². The monoisotopic (exact) mass is 424 g/mol. The predicted molar refractivity (Wildman–Crippen MR) is 114 cm³/mol. The second-order valence-electron chi connectivity index (χ2n) is 7.83. The predicted octanol–water partition coefficient (Wildman–Crippen LogP) is 2.39. The maximum atomic E-state index is 12.9. The fraction of sp³-hybridized carbons (Fsp3) is 0.478. The quantitative estimate of drug-likeness (QED) is 0.733. The molecule has 2 aliphatic rings. The lowest BCUT2D eigenvalue weighted by molar-refractivity contribution is -0.137. The van der Waals surface area contributed by atoms with Gasteiger partial charge in [-0.15, -0.1) is 0 Å². The van der Waals surface area contributed by atoms with Crippen LogP contribution < -0.4 is 4.74 Å². The highest BCUT2D eigenvalue weighted by Crippen LogP contribution is 2.29. The number of likely N-dealkylation sites (tertiary alicyclic amines) is 1. The van der Waals surface area contributed by atoms with Crippen molar-refractivity contribution in [1.29, 1.82) is 0 Å². The summed E-state index contributed by atoms with van der Waals surface area (Å²) in [6.07, 6.45) is 4.35. The van der Waals surface area contributed by atoms with Crippen LogP contribution in [0.25, 0.3) is 0 Å². The number of nitrogens with zero attached hydrogens (tertiary/aromatic N) is 4. The Kier molecular flexibility index (Phi) is 6.76. The van der Waals surface area contributed by atoms with E-state index in [0.29, 0.717) is 55.7 Å². The van der Waals surface area contributed by atoms with Gasteiger partial charge in [0.1, 0.15) is 5.75 Å². The number of aromatic nitrogens is 2. The molecule has 0 spiro atoms. The lowest BCUT2D eigenvalue weighted by Gasteiger charge is -2.35. The zero-order valence-corrected chi connectivity index (χ0v) is 17.8. The van der Waals surface area contributed by atoms with E-state index in [-0.39, 0.29) is 24.5 Å². The first kappa shape index (κ1) is 21.2. The Morgan fingerprint density at radius 1 is 1.13 bits per heavy atom. The number of hydrogen-bond donors (Lipinski definition) is 0. The van der Waals surface area contributed by atoms with E-state index in [9.17, 15) is 9.59 Å². The zero-order chi connectivity index (χ0) is 21.6. The summed E-state index contributed by atoms with van der Waals surface area (Å²) < 4.78 is 11.0. The normalized spacial score (nSPS) is 19.2. The molecular weight excluding hydrogens is 396 g/mol. The van der Waals surface area contributed by atoms with Gasteiger partial charge in [0.25, 0.3) is 11.8 Å². The van der Waals surface area contributed by atoms with Crippen molar-refractivity contribution in [2.24, 2.45) is 0 Å². The molecular formula is C23H28N4O4. The Bertz CT molecular complexity index is 915. The third kappa shape index (κ3) is 5.02. The minimum absolute atomic E-state index is 0.0207. The number of carbonyl (C=O) groups is 2. The number of aryl methyl sites for hydroxylation is 1. The largest absolute Gasteiger partial charge is 0.484 e. The fourth-order valence-corrected chi connectivity index (χ4v) is 4.04. The van der Waals surface area contributed by atoms with E-state index in [1.807, 2.05) is 42.2 Å². The van der Waals surface area contributed by atoms with E-state index in [2.05, 4.69) is 9.97 Å². The van der Waals surface area contributed by atoms with Gasteiger partial charge in [-0.25, -0.2) is 9.97 Å². The fourth-order valence-electron chi connectivity index (χ4n) is 4.04. The van der Waals surface area contributed by atoms with Crippen molar-refractivity contribution in [2.45, 2.75) is 32.2 Å². The Morgan fingerprint density at radius 3 is 2.65 bits per heavy atom. The average Bonchev–Trinajstić information content (AvgIpc) is 2.83. The van der Waals surface area contributed by atoms with Crippen LogP contribution in [0.5, 0.6) is 5.75 Å². The number of ether oxygens (including phenoxy) is 2. The number of para-hydroxylation sites is 1. The summed E-state index contributed by atoms with van der Waals surface area (Å²) in [4.78, 5) is 38.4. The second kappa shape index (κ2) is 9.87. The summed E-state index contributed by atoms with van der Waals surface area (Å²) in [5, 5.41) is 0. The minimum atomic E-state index is -0.202. The first-order chi connectivity index (χ1) is 15.1. The van der Waals surface area contributed by atoms with Crippen LogP contribution in [0, 0.1) is 6.92 Å². The molecule has 0 radical (unpaired) electrons. The van der Waals surface area contributed by atoms with Crippen molar-refractivity contribution in [3.63, 3.8) is 0 Å². The highest BCUT2D eigenvalue weighted by atomic mass is 16.5. The number of amides is 2. The molecule has 8 nitrogen and oxygen atoms in total. The van der Waals surface area contributed by atoms with Crippen LogP contribution in [-0.4, -0.2) is 71.0 Å². The van der Waals surface area contributed by atoms with Crippen LogP contribution in [0.2, 0.25) is 0 Å². The molecule has 1 aromatic carbocycles. The summed E-state index contributed by atoms with van der Waals surface area (Å²) in [6.45, 7) is 4.71. The molecule has 8 heteroatoms. The third-order valence-electron chi connectivity index (χ3n) is 5.75. The standard InChI is InChI=1S/C23H28N4O4/c1-17-19(23(29)26-11-13-30-14-12-26)15-24-22(25-17)20-9-5-6-10-27(20)21(28)16-31-18-7-3-2-4-8-18/h2-4,7-8,15,20H,5-6,9-14,16H2,1H3/t20-/m1/s1. The van der Waals surface area contributed by atoms with Crippen LogP contribution in [0.1, 0.15) is 47.2 Å². The van der Waals surface area contributed by atoms with Gasteiger partial charge in [0.15, 0.2) is 12.4 Å². The molecule has 0 unspecified atom stereocenters. The maximum absolute atomic E-state index is 12.9. The molecule has 164 valence electrons. The van der Waals surface area contributed by atoms with Gasteiger partial charge in [-0.05, 0) is 38.3 Å². The molecule has 0 aliphatic carbocycles. The number of carbonyl (C=O) groups excluding carboxylic acids is 2. The number of rotatable bonds is 5. The molecule has 4 rings (SSSR count). The highest BCUT2D eigenvalue weighted by Gasteiger charge is 2.31. The molecule has 0 saturated carbocycles. The first-order valence-corrected chi connectivity index (χ1v) is 10.8. The Balaban J connectivity index is 1.46. The average molecular weight is 425 g/mol. The van der Waals surface area contributed by atoms with Gasteiger partial charge in [0, 0.05) is 25.8 Å². The zero-order valence-electron chi connectivity index (χ0n) is 17.8. The number of hydrogen-bond acceptors (Lipinski definition) is 6. The van der Waals surface area contributed by atoms with Crippen molar-refractivity contribution in [3.8, 4) is 5.75 Å². The van der Waals surface area contributed by atoms with Gasteiger partial charge in [-0.3, -0.25) is 9.59 Å². The van der Waals surface area contributed by atoms with Gasteiger partial charge in [-0.2, -0.15) is 0 Å². The van der Waals surface area contributed by atoms with Crippen molar-refractivity contribution in [1.82, 2.24) is 19.8 Å². The lowest BCUT2D eigenvalue weighted by Crippen LogP contribution is -2.42. The smallest absolute Gasteiger partial charge is 0.261 e. The van der Waals surface area contributed by atoms with Gasteiger partial charge >= 0.3 is 0 Å². The van der Waals surface area contributed by atoms with E-state index in [0.717, 1.165) is 19.3 Å². The molecule has 0 bridgehead atoms. The van der Waals surface area contributed by atoms with E-state index >= 15 is 0 Å². The Morgan fingerprint density at radius 2 is 1.90 bits per heavy atom. The van der Waals surface area contributed by atoms with Crippen LogP contribution in [-0.2, 0) is 9.53 Å². The summed E-state index contributed by atoms with van der Waals surface area (Å²) >= 11 is 0. The molecule has 1 atom stereocenters. The molecule has 2 saturated heterocycles. The van der Waals surface area contributed by atoms with Gasteiger partial charge in [0.2, 0.25) is 0 Å². The van der Waals surface area contributed by atoms with E-state index in [1.165, 1.54) is 0 Å². The SMILES string of the molecule is Cc1nc([C@H]2CCCCN2C(=O)COc2ccccc2)ncc1C(=O)N1CCOCC1. The number of morpholine rings is 1. The summed E-state index contributed by atoms with van der Waals surface area (Å²) in [5.74, 6) is 1.11. The van der Waals surface area contributed by atoms with Crippen molar-refractivity contribution in [3.05, 3.63) is 53.6 Å². The molecule has 0 N–H and O–H groups in total. The molecule has 3 heterocycles. The van der Waals surface area contributed by atoms with E-state index < -0.39 is 0 Å². The van der Waals surface area contributed by atoms with Crippen LogP contribution in [0.4, 0.5) is 0 Å². The van der Waals surface area contributed by atoms with Crippen LogP contribution >= 0.6 is 0 Å². The molecule has 31 heavy (non-hydrogen) atoms. The summed E-state index contributed by atoms with van der Waals surface area (Å²) in [6, 6.07) is 9.12. The minimum Gasteiger partial charge on any atom is -0.484 e. The lowest BCUT2D eigenvalue weighted by atomic mass is 10.0. The topological polar surface area (TPSA) is 84.9 Å². The third-order valence-corrected chi connectivity index (χ3v) is 5.75. The highest BCUT2D eigenvalue weighted by molar-refractivity contribution is 5.95. The maximum Gasteiger partial charge on any atom is 0.261 e. The van der Waals surface area contributed by atoms with Gasteiger partial charge < -0.3 is 19.3 Å². The van der Waals surface area contributed by atoms with Crippen molar-refractivity contribution in [2.75, 3.05) is 39.5 Å². The first-order valence-electron chi connectivity index (χ1n) is 10.8. The van der Waals surface area contributed by atoms with Gasteiger partial charge in [-0.1, -0.05) is 18.2 Å². The van der Waals surface area contributed by atoms with E-state index in [1.54, 1.807) is 11.1 Å². The number of piperidine rings is 1. The Hall–Kier alpha value is -3.00. The molecule has 2 aliphatic heterocycles. The van der Waals surface area contributed by atoms with Crippen molar-refractivity contribution < 1.29 is 19.1 Å². The van der Waals surface area contributed by atoms with Crippen LogP contribution in [0.3, 0.4) is 0 Å². The Labute approximate surface area is 182 Å². The molecule has 1 aromatic heterocycles. The summed E-state index contributed by atoms with van der Waals surface area (Å²) in [7, 11) is 0. The summed E-state index contributed by atoms with van der Waals surface area (Å²) in [5.41, 5.74) is 1.15. The number of benzene rings is 1. The van der Waals surface area contributed by atoms with E-state index in [4.69, 9.17) is 9.47 Å². The van der Waals surface area contributed by atoms with Crippen molar-refractivity contribution >= 4 is 11.8 Å². The molecule has 2 aromatic rings. The molecule has 2 fully saturated rings. The molecule has 2 amide bonds. The second-order valence-corrected chi connectivity index (χ2v) is 7.83. The van der Waals surface area contributed by atoms with Gasteiger partial charge in [0.05, 0.1) is 30.5 Å².